The third-order valence-corrected chi connectivity index (χ3v) is 4.87. The summed E-state index contributed by atoms with van der Waals surface area (Å²) in [4.78, 5) is 27.3. The number of nitrogens with one attached hydrogen (secondary N) is 1. The quantitative estimate of drug-likeness (QED) is 0.936. The van der Waals surface area contributed by atoms with Crippen LogP contribution >= 0.6 is 0 Å². The molecule has 2 aromatic heterocycles. The minimum absolute atomic E-state index is 0.151. The molecule has 2 aliphatic rings. The second kappa shape index (κ2) is 6.19. The van der Waals surface area contributed by atoms with E-state index < -0.39 is 0 Å². The summed E-state index contributed by atoms with van der Waals surface area (Å²) in [6, 6.07) is 4.01. The Kier molecular flexibility index (Phi) is 3.88. The maximum atomic E-state index is 12.0. The molecular formula is C18H21N5O. The lowest BCUT2D eigenvalue weighted by atomic mass is 10.0. The molecule has 1 saturated heterocycles. The second-order valence-electron chi connectivity index (χ2n) is 6.56. The van der Waals surface area contributed by atoms with Crippen LogP contribution in [-0.4, -0.2) is 45.4 Å². The molecule has 2 aromatic rings. The Hall–Kier alpha value is -2.50. The van der Waals surface area contributed by atoms with Gasteiger partial charge in [0.05, 0.1) is 0 Å². The van der Waals surface area contributed by atoms with Crippen LogP contribution in [0.2, 0.25) is 0 Å². The number of likely N-dealkylation sites (tertiary alicyclic amines) is 1. The Morgan fingerprint density at radius 1 is 1.21 bits per heavy atom. The van der Waals surface area contributed by atoms with Crippen molar-refractivity contribution in [1.82, 2.24) is 19.9 Å². The number of hydrogen-bond acceptors (Lipinski definition) is 5. The van der Waals surface area contributed by atoms with Crippen LogP contribution in [0.25, 0.3) is 11.4 Å². The zero-order chi connectivity index (χ0) is 16.5. The van der Waals surface area contributed by atoms with Crippen LogP contribution in [0.1, 0.15) is 30.5 Å². The molecule has 4 rings (SSSR count). The van der Waals surface area contributed by atoms with Gasteiger partial charge in [-0.1, -0.05) is 0 Å². The van der Waals surface area contributed by atoms with E-state index in [0.29, 0.717) is 6.42 Å². The Morgan fingerprint density at radius 2 is 2.04 bits per heavy atom. The Labute approximate surface area is 141 Å². The first-order valence-electron chi connectivity index (χ1n) is 8.51. The highest BCUT2D eigenvalue weighted by molar-refractivity contribution is 5.78. The van der Waals surface area contributed by atoms with Crippen LogP contribution in [0.15, 0.2) is 24.5 Å². The van der Waals surface area contributed by atoms with Crippen molar-refractivity contribution < 1.29 is 4.79 Å². The van der Waals surface area contributed by atoms with Crippen LogP contribution in [0.3, 0.4) is 0 Å². The molecule has 124 valence electrons. The van der Waals surface area contributed by atoms with Gasteiger partial charge in [-0.05, 0) is 37.8 Å². The summed E-state index contributed by atoms with van der Waals surface area (Å²) in [5.41, 5.74) is 3.33. The van der Waals surface area contributed by atoms with E-state index in [1.807, 2.05) is 19.2 Å². The normalized spacial score (nSPS) is 20.1. The number of pyridine rings is 1. The number of anilines is 1. The van der Waals surface area contributed by atoms with Crippen LogP contribution in [-0.2, 0) is 17.6 Å². The van der Waals surface area contributed by atoms with Gasteiger partial charge < -0.3 is 10.2 Å². The van der Waals surface area contributed by atoms with Crippen LogP contribution in [0, 0.1) is 0 Å². The fourth-order valence-electron chi connectivity index (χ4n) is 3.44. The van der Waals surface area contributed by atoms with E-state index in [-0.39, 0.29) is 11.9 Å². The van der Waals surface area contributed by atoms with Gasteiger partial charge in [0, 0.05) is 55.3 Å². The number of aryl methyl sites for hydroxylation is 1. The van der Waals surface area contributed by atoms with Crippen molar-refractivity contribution in [3.05, 3.63) is 35.8 Å². The lowest BCUT2D eigenvalue weighted by Gasteiger charge is -2.30. The molecule has 1 amide bonds. The molecule has 1 unspecified atom stereocenters. The first-order chi connectivity index (χ1) is 11.7. The van der Waals surface area contributed by atoms with E-state index >= 15 is 0 Å². The molecule has 6 nitrogen and oxygen atoms in total. The molecule has 1 fully saturated rings. The minimum atomic E-state index is 0.151. The standard InChI is InChI=1S/C18H21N5O/c1-23-10-7-13(11-16(23)24)20-18-14-3-2-4-15(14)21-17(22-18)12-5-8-19-9-6-12/h5-6,8-9,13H,2-4,7,10-11H2,1H3,(H,20,21,22). The number of piperidine rings is 1. The number of nitrogens with zero attached hydrogens (tertiary/aromatic N) is 4. The maximum Gasteiger partial charge on any atom is 0.224 e. The summed E-state index contributed by atoms with van der Waals surface area (Å²) in [6.45, 7) is 0.793. The van der Waals surface area contributed by atoms with Gasteiger partial charge in [0.2, 0.25) is 5.91 Å². The largest absolute Gasteiger partial charge is 0.366 e. The zero-order valence-corrected chi connectivity index (χ0v) is 13.8. The number of amides is 1. The van der Waals surface area contributed by atoms with Crippen LogP contribution in [0.4, 0.5) is 5.82 Å². The summed E-state index contributed by atoms with van der Waals surface area (Å²) in [5.74, 6) is 1.84. The number of rotatable bonds is 3. The Morgan fingerprint density at radius 3 is 2.83 bits per heavy atom. The second-order valence-corrected chi connectivity index (χ2v) is 6.56. The highest BCUT2D eigenvalue weighted by atomic mass is 16.2. The van der Waals surface area contributed by atoms with Crippen molar-refractivity contribution in [3.8, 4) is 11.4 Å². The fourth-order valence-corrected chi connectivity index (χ4v) is 3.44. The average molecular weight is 323 g/mol. The van der Waals surface area contributed by atoms with Gasteiger partial charge in [-0.2, -0.15) is 0 Å². The molecule has 0 aromatic carbocycles. The summed E-state index contributed by atoms with van der Waals surface area (Å²) in [5, 5.41) is 3.53. The third kappa shape index (κ3) is 2.84. The predicted octanol–water partition coefficient (Wildman–Crippen LogP) is 2.06. The van der Waals surface area contributed by atoms with E-state index in [0.717, 1.165) is 55.1 Å². The van der Waals surface area contributed by atoms with Crippen molar-refractivity contribution in [1.29, 1.82) is 0 Å². The molecule has 0 spiro atoms. The van der Waals surface area contributed by atoms with Gasteiger partial charge in [-0.25, -0.2) is 9.97 Å². The van der Waals surface area contributed by atoms with E-state index in [4.69, 9.17) is 9.97 Å². The minimum Gasteiger partial charge on any atom is -0.366 e. The lowest BCUT2D eigenvalue weighted by Crippen LogP contribution is -2.41. The molecule has 1 aliphatic carbocycles. The molecule has 3 heterocycles. The highest BCUT2D eigenvalue weighted by Gasteiger charge is 2.26. The van der Waals surface area contributed by atoms with E-state index in [2.05, 4.69) is 10.3 Å². The molecule has 6 heteroatoms. The Bertz CT molecular complexity index is 762. The van der Waals surface area contributed by atoms with Crippen molar-refractivity contribution in [2.75, 3.05) is 18.9 Å². The van der Waals surface area contributed by atoms with E-state index in [1.165, 1.54) is 5.56 Å². The highest BCUT2D eigenvalue weighted by Crippen LogP contribution is 2.30. The van der Waals surface area contributed by atoms with E-state index in [9.17, 15) is 4.79 Å². The lowest BCUT2D eigenvalue weighted by molar-refractivity contribution is -0.132. The Balaban J connectivity index is 1.65. The van der Waals surface area contributed by atoms with Gasteiger partial charge in [0.25, 0.3) is 0 Å². The van der Waals surface area contributed by atoms with Crippen molar-refractivity contribution >= 4 is 11.7 Å². The first kappa shape index (κ1) is 15.1. The monoisotopic (exact) mass is 323 g/mol. The predicted molar refractivity (Wildman–Crippen MR) is 91.6 cm³/mol. The van der Waals surface area contributed by atoms with Crippen molar-refractivity contribution in [2.24, 2.45) is 0 Å². The zero-order valence-electron chi connectivity index (χ0n) is 13.8. The smallest absolute Gasteiger partial charge is 0.224 e. The number of aromatic nitrogens is 3. The van der Waals surface area contributed by atoms with Gasteiger partial charge in [0.15, 0.2) is 5.82 Å². The van der Waals surface area contributed by atoms with Gasteiger partial charge in [-0.15, -0.1) is 0 Å². The van der Waals surface area contributed by atoms with Crippen molar-refractivity contribution in [3.63, 3.8) is 0 Å². The van der Waals surface area contributed by atoms with Crippen molar-refractivity contribution in [2.45, 2.75) is 38.1 Å². The molecule has 0 bridgehead atoms. The summed E-state index contributed by atoms with van der Waals surface area (Å²) in [7, 11) is 1.86. The maximum absolute atomic E-state index is 12.0. The molecule has 0 saturated carbocycles. The summed E-state index contributed by atoms with van der Waals surface area (Å²) < 4.78 is 0. The molecular weight excluding hydrogens is 302 g/mol. The number of fused-ring (bicyclic) bond motifs is 1. The molecule has 1 aliphatic heterocycles. The average Bonchev–Trinajstić information content (AvgIpc) is 3.08. The SMILES string of the molecule is CN1CCC(Nc2nc(-c3ccncc3)nc3c2CCC3)CC1=O. The van der Waals surface area contributed by atoms with Crippen LogP contribution in [0.5, 0.6) is 0 Å². The summed E-state index contributed by atoms with van der Waals surface area (Å²) in [6.07, 6.45) is 8.12. The van der Waals surface area contributed by atoms with Gasteiger partial charge >= 0.3 is 0 Å². The number of carbonyl (C=O) groups is 1. The van der Waals surface area contributed by atoms with Gasteiger partial charge in [0.1, 0.15) is 5.82 Å². The first-order valence-corrected chi connectivity index (χ1v) is 8.51. The summed E-state index contributed by atoms with van der Waals surface area (Å²) >= 11 is 0. The van der Waals surface area contributed by atoms with Crippen LogP contribution < -0.4 is 5.32 Å². The number of carbonyl (C=O) groups excluding carboxylic acids is 1. The van der Waals surface area contributed by atoms with Gasteiger partial charge in [-0.3, -0.25) is 9.78 Å². The molecule has 1 atom stereocenters. The topological polar surface area (TPSA) is 71.0 Å². The van der Waals surface area contributed by atoms with E-state index in [1.54, 1.807) is 17.3 Å². The molecule has 0 radical (unpaired) electrons. The number of hydrogen-bond donors (Lipinski definition) is 1. The molecule has 1 N–H and O–H groups in total. The third-order valence-electron chi connectivity index (χ3n) is 4.87. The fraction of sp³-hybridized carbons (Fsp3) is 0.444. The molecule has 24 heavy (non-hydrogen) atoms.